The Hall–Kier alpha value is -1.30. The molecule has 0 spiro atoms. The highest BCUT2D eigenvalue weighted by atomic mass is 15.1. The molecule has 1 aliphatic rings. The summed E-state index contributed by atoms with van der Waals surface area (Å²) in [6.07, 6.45) is 8.71. The van der Waals surface area contributed by atoms with Gasteiger partial charge in [0.25, 0.3) is 0 Å². The molecule has 1 saturated carbocycles. The van der Waals surface area contributed by atoms with E-state index >= 15 is 0 Å². The summed E-state index contributed by atoms with van der Waals surface area (Å²) >= 11 is 0. The SMILES string of the molecule is N#Cc1cn(C2CCCC2)cn1. The van der Waals surface area contributed by atoms with Gasteiger partial charge in [-0.15, -0.1) is 0 Å². The van der Waals surface area contributed by atoms with Crippen LogP contribution in [0.15, 0.2) is 12.5 Å². The van der Waals surface area contributed by atoms with E-state index in [4.69, 9.17) is 5.26 Å². The molecule has 3 heteroatoms. The lowest BCUT2D eigenvalue weighted by Gasteiger charge is -2.08. The zero-order chi connectivity index (χ0) is 8.39. The van der Waals surface area contributed by atoms with Gasteiger partial charge in [0, 0.05) is 12.2 Å². The molecule has 1 heterocycles. The first-order valence-electron chi connectivity index (χ1n) is 4.34. The fraction of sp³-hybridized carbons (Fsp3) is 0.556. The van der Waals surface area contributed by atoms with Crippen LogP contribution < -0.4 is 0 Å². The second kappa shape index (κ2) is 2.98. The van der Waals surface area contributed by atoms with Gasteiger partial charge >= 0.3 is 0 Å². The highest BCUT2D eigenvalue weighted by Gasteiger charge is 2.16. The largest absolute Gasteiger partial charge is 0.333 e. The topological polar surface area (TPSA) is 41.6 Å². The number of imidazole rings is 1. The Kier molecular flexibility index (Phi) is 1.83. The van der Waals surface area contributed by atoms with Gasteiger partial charge in [-0.1, -0.05) is 12.8 Å². The highest BCUT2D eigenvalue weighted by Crippen LogP contribution is 2.29. The molecule has 1 aromatic heterocycles. The molecule has 2 rings (SSSR count). The summed E-state index contributed by atoms with van der Waals surface area (Å²) in [4.78, 5) is 3.98. The van der Waals surface area contributed by atoms with Crippen LogP contribution in [0.25, 0.3) is 0 Å². The van der Waals surface area contributed by atoms with Crippen molar-refractivity contribution in [2.24, 2.45) is 0 Å². The van der Waals surface area contributed by atoms with Gasteiger partial charge in [-0.3, -0.25) is 0 Å². The molecule has 0 bridgehead atoms. The lowest BCUT2D eigenvalue weighted by molar-refractivity contribution is 0.518. The molecule has 0 saturated heterocycles. The van der Waals surface area contributed by atoms with Gasteiger partial charge in [0.15, 0.2) is 5.69 Å². The predicted octanol–water partition coefficient (Wildman–Crippen LogP) is 1.87. The van der Waals surface area contributed by atoms with Crippen LogP contribution in [-0.2, 0) is 0 Å². The Balaban J connectivity index is 2.17. The first-order valence-corrected chi connectivity index (χ1v) is 4.34. The first-order chi connectivity index (χ1) is 5.90. The molecule has 0 atom stereocenters. The second-order valence-electron chi connectivity index (χ2n) is 3.26. The zero-order valence-corrected chi connectivity index (χ0v) is 6.90. The van der Waals surface area contributed by atoms with Crippen molar-refractivity contribution in [1.29, 1.82) is 5.26 Å². The number of hydrogen-bond donors (Lipinski definition) is 0. The van der Waals surface area contributed by atoms with E-state index in [0.29, 0.717) is 11.7 Å². The molecule has 0 radical (unpaired) electrons. The van der Waals surface area contributed by atoms with Gasteiger partial charge in [-0.05, 0) is 12.8 Å². The predicted molar refractivity (Wildman–Crippen MR) is 44.4 cm³/mol. The van der Waals surface area contributed by atoms with Crippen molar-refractivity contribution in [1.82, 2.24) is 9.55 Å². The van der Waals surface area contributed by atoms with Gasteiger partial charge < -0.3 is 4.57 Å². The number of nitriles is 1. The molecule has 62 valence electrons. The Morgan fingerprint density at radius 2 is 2.25 bits per heavy atom. The van der Waals surface area contributed by atoms with Crippen molar-refractivity contribution < 1.29 is 0 Å². The van der Waals surface area contributed by atoms with Crippen molar-refractivity contribution in [3.05, 3.63) is 18.2 Å². The van der Waals surface area contributed by atoms with Gasteiger partial charge in [-0.2, -0.15) is 5.26 Å². The van der Waals surface area contributed by atoms with E-state index in [0.717, 1.165) is 0 Å². The summed E-state index contributed by atoms with van der Waals surface area (Å²) in [5.74, 6) is 0. The van der Waals surface area contributed by atoms with Crippen molar-refractivity contribution in [3.63, 3.8) is 0 Å². The first kappa shape index (κ1) is 7.35. The number of nitrogens with zero attached hydrogens (tertiary/aromatic N) is 3. The monoisotopic (exact) mass is 161 g/mol. The molecule has 0 aromatic carbocycles. The van der Waals surface area contributed by atoms with Gasteiger partial charge in [0.2, 0.25) is 0 Å². The zero-order valence-electron chi connectivity index (χ0n) is 6.90. The summed E-state index contributed by atoms with van der Waals surface area (Å²) in [5.41, 5.74) is 0.530. The molecule has 0 N–H and O–H groups in total. The van der Waals surface area contributed by atoms with Gasteiger partial charge in [0.1, 0.15) is 6.07 Å². The van der Waals surface area contributed by atoms with E-state index < -0.39 is 0 Å². The molecule has 3 nitrogen and oxygen atoms in total. The second-order valence-corrected chi connectivity index (χ2v) is 3.26. The van der Waals surface area contributed by atoms with Crippen LogP contribution in [0.1, 0.15) is 37.4 Å². The highest BCUT2D eigenvalue weighted by molar-refractivity contribution is 5.15. The standard InChI is InChI=1S/C9H11N3/c10-5-8-6-12(7-11-8)9-3-1-2-4-9/h6-7,9H,1-4H2. The lowest BCUT2D eigenvalue weighted by Crippen LogP contribution is -2.00. The average molecular weight is 161 g/mol. The van der Waals surface area contributed by atoms with E-state index in [2.05, 4.69) is 9.55 Å². The Morgan fingerprint density at radius 3 is 2.83 bits per heavy atom. The van der Waals surface area contributed by atoms with Crippen molar-refractivity contribution in [3.8, 4) is 6.07 Å². The summed E-state index contributed by atoms with van der Waals surface area (Å²) < 4.78 is 2.07. The van der Waals surface area contributed by atoms with Crippen LogP contribution in [0, 0.1) is 11.3 Å². The Morgan fingerprint density at radius 1 is 1.50 bits per heavy atom. The quantitative estimate of drug-likeness (QED) is 0.631. The van der Waals surface area contributed by atoms with Gasteiger partial charge in [-0.25, -0.2) is 4.98 Å². The third-order valence-electron chi connectivity index (χ3n) is 2.46. The van der Waals surface area contributed by atoms with Crippen molar-refractivity contribution in [2.75, 3.05) is 0 Å². The van der Waals surface area contributed by atoms with Crippen LogP contribution >= 0.6 is 0 Å². The van der Waals surface area contributed by atoms with Gasteiger partial charge in [0.05, 0.1) is 6.33 Å². The maximum Gasteiger partial charge on any atom is 0.158 e. The minimum Gasteiger partial charge on any atom is -0.333 e. The molecular formula is C9H11N3. The van der Waals surface area contributed by atoms with E-state index in [1.165, 1.54) is 25.7 Å². The summed E-state index contributed by atoms with van der Waals surface area (Å²) in [6.45, 7) is 0. The van der Waals surface area contributed by atoms with Crippen molar-refractivity contribution >= 4 is 0 Å². The minimum atomic E-state index is 0.530. The third kappa shape index (κ3) is 1.20. The minimum absolute atomic E-state index is 0.530. The Labute approximate surface area is 71.6 Å². The number of hydrogen-bond acceptors (Lipinski definition) is 2. The fourth-order valence-electron chi connectivity index (χ4n) is 1.80. The molecule has 12 heavy (non-hydrogen) atoms. The smallest absolute Gasteiger partial charge is 0.158 e. The van der Waals surface area contributed by atoms with E-state index in [1.807, 2.05) is 12.3 Å². The van der Waals surface area contributed by atoms with Crippen LogP contribution in [0.5, 0.6) is 0 Å². The summed E-state index contributed by atoms with van der Waals surface area (Å²) in [5, 5.41) is 8.57. The van der Waals surface area contributed by atoms with Crippen LogP contribution in [-0.4, -0.2) is 9.55 Å². The normalized spacial score (nSPS) is 17.9. The molecule has 0 amide bonds. The molecule has 0 unspecified atom stereocenters. The lowest BCUT2D eigenvalue weighted by atomic mass is 10.2. The Bertz CT molecular complexity index is 302. The van der Waals surface area contributed by atoms with E-state index in [9.17, 15) is 0 Å². The maximum atomic E-state index is 8.57. The molecule has 1 aromatic rings. The molecule has 1 fully saturated rings. The van der Waals surface area contributed by atoms with Crippen LogP contribution in [0.2, 0.25) is 0 Å². The maximum absolute atomic E-state index is 8.57. The van der Waals surface area contributed by atoms with E-state index in [1.54, 1.807) is 6.33 Å². The van der Waals surface area contributed by atoms with Crippen molar-refractivity contribution in [2.45, 2.75) is 31.7 Å². The number of aromatic nitrogens is 2. The third-order valence-corrected chi connectivity index (χ3v) is 2.46. The molecule has 1 aliphatic carbocycles. The summed E-state index contributed by atoms with van der Waals surface area (Å²) in [6, 6.07) is 2.64. The number of rotatable bonds is 1. The molecular weight excluding hydrogens is 150 g/mol. The molecule has 0 aliphatic heterocycles. The van der Waals surface area contributed by atoms with E-state index in [-0.39, 0.29) is 0 Å². The average Bonchev–Trinajstić information content (AvgIpc) is 2.75. The van der Waals surface area contributed by atoms with Crippen LogP contribution in [0.4, 0.5) is 0 Å². The fourth-order valence-corrected chi connectivity index (χ4v) is 1.80. The summed E-state index contributed by atoms with van der Waals surface area (Å²) in [7, 11) is 0. The van der Waals surface area contributed by atoms with Crippen LogP contribution in [0.3, 0.4) is 0 Å².